The van der Waals surface area contributed by atoms with Crippen LogP contribution in [0.3, 0.4) is 0 Å². The van der Waals surface area contributed by atoms with Gasteiger partial charge in [-0.05, 0) is 23.6 Å². The first kappa shape index (κ1) is 15.4. The molecule has 0 aromatic heterocycles. The molecule has 0 aliphatic carbocycles. The molecule has 6 heteroatoms. The maximum absolute atomic E-state index is 11.8. The molecular formula is C12H18ClNO3S. The van der Waals surface area contributed by atoms with Crippen molar-refractivity contribution in [2.24, 2.45) is 5.73 Å². The van der Waals surface area contributed by atoms with Crippen LogP contribution in [0.15, 0.2) is 18.2 Å². The molecule has 102 valence electrons. The SMILES string of the molecule is COCCCS(=O)(=O)Cc1ccc(CN)cc1Cl. The number of methoxy groups -OCH3 is 1. The molecule has 0 saturated carbocycles. The van der Waals surface area contributed by atoms with Crippen LogP contribution in [-0.4, -0.2) is 27.9 Å². The van der Waals surface area contributed by atoms with Crippen LogP contribution >= 0.6 is 11.6 Å². The highest BCUT2D eigenvalue weighted by Gasteiger charge is 2.14. The molecule has 1 aromatic rings. The smallest absolute Gasteiger partial charge is 0.154 e. The van der Waals surface area contributed by atoms with Crippen molar-refractivity contribution in [1.29, 1.82) is 0 Å². The van der Waals surface area contributed by atoms with Crippen molar-refractivity contribution in [3.8, 4) is 0 Å². The summed E-state index contributed by atoms with van der Waals surface area (Å²) in [7, 11) is -1.59. The fourth-order valence-corrected chi connectivity index (χ4v) is 3.34. The Labute approximate surface area is 113 Å². The van der Waals surface area contributed by atoms with E-state index in [1.54, 1.807) is 25.3 Å². The van der Waals surface area contributed by atoms with Gasteiger partial charge in [0.15, 0.2) is 9.84 Å². The van der Waals surface area contributed by atoms with Crippen LogP contribution in [-0.2, 0) is 26.9 Å². The van der Waals surface area contributed by atoms with E-state index in [9.17, 15) is 8.42 Å². The second kappa shape index (κ2) is 7.09. The molecule has 0 saturated heterocycles. The highest BCUT2D eigenvalue weighted by molar-refractivity contribution is 7.90. The molecule has 0 aliphatic rings. The first-order valence-corrected chi connectivity index (χ1v) is 7.85. The predicted molar refractivity (Wildman–Crippen MR) is 73.3 cm³/mol. The van der Waals surface area contributed by atoms with E-state index in [0.717, 1.165) is 5.56 Å². The molecule has 18 heavy (non-hydrogen) atoms. The molecule has 0 atom stereocenters. The van der Waals surface area contributed by atoms with E-state index in [-0.39, 0.29) is 11.5 Å². The number of benzene rings is 1. The van der Waals surface area contributed by atoms with E-state index in [4.69, 9.17) is 22.1 Å². The molecule has 0 bridgehead atoms. The average molecular weight is 292 g/mol. The molecule has 1 rings (SSSR count). The summed E-state index contributed by atoms with van der Waals surface area (Å²) in [5.74, 6) is 0.0657. The van der Waals surface area contributed by atoms with Gasteiger partial charge in [0, 0.05) is 25.3 Å². The first-order valence-electron chi connectivity index (χ1n) is 5.65. The van der Waals surface area contributed by atoms with Crippen LogP contribution < -0.4 is 5.73 Å². The third kappa shape index (κ3) is 4.94. The molecule has 0 radical (unpaired) electrons. The van der Waals surface area contributed by atoms with Gasteiger partial charge in [-0.15, -0.1) is 0 Å². The van der Waals surface area contributed by atoms with Crippen molar-refractivity contribution in [1.82, 2.24) is 0 Å². The van der Waals surface area contributed by atoms with Crippen LogP contribution in [0.2, 0.25) is 5.02 Å². The monoisotopic (exact) mass is 291 g/mol. The van der Waals surface area contributed by atoms with Crippen molar-refractivity contribution in [3.05, 3.63) is 34.3 Å². The van der Waals surface area contributed by atoms with Crippen molar-refractivity contribution < 1.29 is 13.2 Å². The van der Waals surface area contributed by atoms with Gasteiger partial charge in [-0.2, -0.15) is 0 Å². The lowest BCUT2D eigenvalue weighted by Gasteiger charge is -2.07. The number of hydrogen-bond donors (Lipinski definition) is 1. The number of nitrogens with two attached hydrogens (primary N) is 1. The average Bonchev–Trinajstić information content (AvgIpc) is 2.31. The molecule has 0 amide bonds. The van der Waals surface area contributed by atoms with Gasteiger partial charge in [-0.1, -0.05) is 23.7 Å². The Bertz CT molecular complexity index is 488. The molecule has 0 unspecified atom stereocenters. The molecule has 0 fully saturated rings. The van der Waals surface area contributed by atoms with E-state index in [1.807, 2.05) is 0 Å². The largest absolute Gasteiger partial charge is 0.385 e. The molecular weight excluding hydrogens is 274 g/mol. The highest BCUT2D eigenvalue weighted by Crippen LogP contribution is 2.20. The predicted octanol–water partition coefficient (Wildman–Crippen LogP) is 1.75. The standard InChI is InChI=1S/C12H18ClNO3S/c1-17-5-2-6-18(15,16)9-11-4-3-10(8-14)7-12(11)13/h3-4,7H,2,5-6,8-9,14H2,1H3. The molecule has 0 heterocycles. The second-order valence-electron chi connectivity index (χ2n) is 4.07. The van der Waals surface area contributed by atoms with Crippen molar-refractivity contribution in [2.45, 2.75) is 18.7 Å². The summed E-state index contributed by atoms with van der Waals surface area (Å²) < 4.78 is 28.5. The topological polar surface area (TPSA) is 69.4 Å². The lowest BCUT2D eigenvalue weighted by Crippen LogP contribution is -2.11. The zero-order valence-corrected chi connectivity index (χ0v) is 11.9. The summed E-state index contributed by atoms with van der Waals surface area (Å²) in [6.07, 6.45) is 0.497. The Hall–Kier alpha value is -0.620. The number of hydrogen-bond acceptors (Lipinski definition) is 4. The Morgan fingerprint density at radius 2 is 2.11 bits per heavy atom. The Kier molecular flexibility index (Phi) is 6.08. The molecule has 0 aliphatic heterocycles. The molecule has 0 spiro atoms. The number of sulfone groups is 1. The molecule has 1 aromatic carbocycles. The summed E-state index contributed by atoms with van der Waals surface area (Å²) in [6, 6.07) is 5.23. The third-order valence-corrected chi connectivity index (χ3v) is 4.55. The maximum Gasteiger partial charge on any atom is 0.154 e. The number of rotatable bonds is 7. The Morgan fingerprint density at radius 1 is 1.39 bits per heavy atom. The minimum absolute atomic E-state index is 0.0413. The Morgan fingerprint density at radius 3 is 2.67 bits per heavy atom. The lowest BCUT2D eigenvalue weighted by molar-refractivity contribution is 0.199. The van der Waals surface area contributed by atoms with Crippen molar-refractivity contribution >= 4 is 21.4 Å². The van der Waals surface area contributed by atoms with Gasteiger partial charge in [0.25, 0.3) is 0 Å². The van der Waals surface area contributed by atoms with Gasteiger partial charge >= 0.3 is 0 Å². The van der Waals surface area contributed by atoms with Crippen LogP contribution in [0.25, 0.3) is 0 Å². The normalized spacial score (nSPS) is 11.7. The highest BCUT2D eigenvalue weighted by atomic mass is 35.5. The van der Waals surface area contributed by atoms with E-state index < -0.39 is 9.84 Å². The van der Waals surface area contributed by atoms with Gasteiger partial charge in [0.2, 0.25) is 0 Å². The van der Waals surface area contributed by atoms with Crippen LogP contribution in [0.5, 0.6) is 0 Å². The summed E-state index contributed by atoms with van der Waals surface area (Å²) in [5.41, 5.74) is 6.99. The minimum Gasteiger partial charge on any atom is -0.385 e. The second-order valence-corrected chi connectivity index (χ2v) is 6.66. The lowest BCUT2D eigenvalue weighted by atomic mass is 10.1. The maximum atomic E-state index is 11.8. The van der Waals surface area contributed by atoms with Gasteiger partial charge in [0.1, 0.15) is 0 Å². The van der Waals surface area contributed by atoms with E-state index in [0.29, 0.717) is 30.2 Å². The molecule has 4 nitrogen and oxygen atoms in total. The van der Waals surface area contributed by atoms with Crippen molar-refractivity contribution in [3.63, 3.8) is 0 Å². The summed E-state index contributed by atoms with van der Waals surface area (Å²) >= 11 is 6.03. The fourth-order valence-electron chi connectivity index (χ4n) is 1.57. The first-order chi connectivity index (χ1) is 8.48. The van der Waals surface area contributed by atoms with Gasteiger partial charge in [-0.3, -0.25) is 0 Å². The fraction of sp³-hybridized carbons (Fsp3) is 0.500. The third-order valence-electron chi connectivity index (χ3n) is 2.53. The Balaban J connectivity index is 2.72. The van der Waals surface area contributed by atoms with Crippen LogP contribution in [0, 0.1) is 0 Å². The van der Waals surface area contributed by atoms with E-state index >= 15 is 0 Å². The zero-order chi connectivity index (χ0) is 13.6. The van der Waals surface area contributed by atoms with Gasteiger partial charge in [0.05, 0.1) is 11.5 Å². The van der Waals surface area contributed by atoms with E-state index in [2.05, 4.69) is 0 Å². The summed E-state index contributed by atoms with van der Waals surface area (Å²) in [5, 5.41) is 0.452. The minimum atomic E-state index is -3.14. The quantitative estimate of drug-likeness (QED) is 0.777. The number of ether oxygens (including phenoxy) is 1. The summed E-state index contributed by atoms with van der Waals surface area (Å²) in [4.78, 5) is 0. The zero-order valence-electron chi connectivity index (χ0n) is 10.4. The summed E-state index contributed by atoms with van der Waals surface area (Å²) in [6.45, 7) is 0.833. The van der Waals surface area contributed by atoms with Crippen LogP contribution in [0.1, 0.15) is 17.5 Å². The van der Waals surface area contributed by atoms with E-state index in [1.165, 1.54) is 0 Å². The van der Waals surface area contributed by atoms with Gasteiger partial charge in [-0.25, -0.2) is 8.42 Å². The van der Waals surface area contributed by atoms with Crippen LogP contribution in [0.4, 0.5) is 0 Å². The molecule has 2 N–H and O–H groups in total. The van der Waals surface area contributed by atoms with Gasteiger partial charge < -0.3 is 10.5 Å². The van der Waals surface area contributed by atoms with Crippen molar-refractivity contribution in [2.75, 3.05) is 19.5 Å². The number of halogens is 1.